The maximum Gasteiger partial charge on any atom is 0.237 e. The van der Waals surface area contributed by atoms with Crippen molar-refractivity contribution >= 4 is 21.8 Å². The monoisotopic (exact) mass is 756 g/mol. The van der Waals surface area contributed by atoms with Gasteiger partial charge in [0.15, 0.2) is 0 Å². The number of aromatic nitrogens is 6. The molecule has 0 unspecified atom stereocenters. The van der Waals surface area contributed by atoms with Gasteiger partial charge in [-0.15, -0.1) is 0 Å². The third-order valence-electron chi connectivity index (χ3n) is 9.25. The third-order valence-corrected chi connectivity index (χ3v) is 9.25. The molecular weight excluding hydrogens is 713 g/mol. The van der Waals surface area contributed by atoms with Crippen LogP contribution in [0.25, 0.3) is 27.8 Å². The predicted octanol–water partition coefficient (Wildman–Crippen LogP) is 11.9. The molecule has 4 aromatic carbocycles. The number of fused-ring (bicyclic) bond motifs is 3. The molecule has 0 radical (unpaired) electrons. The summed E-state index contributed by atoms with van der Waals surface area (Å²) in [5, 5.41) is 2.01. The number of rotatable bonds is 13. The van der Waals surface area contributed by atoms with Crippen LogP contribution in [0.2, 0.25) is 0 Å². The largest absolute Gasteiger partial charge is 0.457 e. The highest BCUT2D eigenvalue weighted by Crippen LogP contribution is 2.39. The lowest BCUT2D eigenvalue weighted by Gasteiger charge is -2.14. The molecule has 0 spiro atoms. The molecule has 0 saturated heterocycles. The van der Waals surface area contributed by atoms with E-state index in [0.717, 1.165) is 56.9 Å². The fourth-order valence-electron chi connectivity index (χ4n) is 6.99. The maximum atomic E-state index is 6.59. The molecular formula is C47H44N6O4. The van der Waals surface area contributed by atoms with E-state index in [1.165, 1.54) is 12.7 Å². The first-order valence-corrected chi connectivity index (χ1v) is 19.2. The zero-order chi connectivity index (χ0) is 39.5. The molecule has 10 nitrogen and oxygen atoms in total. The summed E-state index contributed by atoms with van der Waals surface area (Å²) in [5.41, 5.74) is 6.09. The van der Waals surface area contributed by atoms with Gasteiger partial charge in [-0.1, -0.05) is 27.7 Å². The summed E-state index contributed by atoms with van der Waals surface area (Å²) in [4.78, 5) is 22.0. The molecule has 0 bridgehead atoms. The molecule has 8 rings (SSSR count). The van der Waals surface area contributed by atoms with Crippen molar-refractivity contribution in [3.05, 3.63) is 144 Å². The number of benzene rings is 4. The van der Waals surface area contributed by atoms with Crippen molar-refractivity contribution in [2.75, 3.05) is 0 Å². The van der Waals surface area contributed by atoms with E-state index < -0.39 is 0 Å². The van der Waals surface area contributed by atoms with Crippen LogP contribution in [0.4, 0.5) is 0 Å². The molecule has 0 aliphatic carbocycles. The molecule has 10 heteroatoms. The predicted molar refractivity (Wildman–Crippen MR) is 222 cm³/mol. The van der Waals surface area contributed by atoms with E-state index in [0.29, 0.717) is 64.0 Å². The van der Waals surface area contributed by atoms with Gasteiger partial charge < -0.3 is 18.9 Å². The van der Waals surface area contributed by atoms with Gasteiger partial charge in [-0.05, 0) is 121 Å². The first-order chi connectivity index (χ1) is 27.6. The second-order valence-electron chi connectivity index (χ2n) is 15.2. The minimum absolute atomic E-state index is 0.446. The smallest absolute Gasteiger partial charge is 0.237 e. The van der Waals surface area contributed by atoms with Crippen LogP contribution in [0.15, 0.2) is 122 Å². The van der Waals surface area contributed by atoms with Crippen molar-refractivity contribution in [3.63, 3.8) is 0 Å². The first kappa shape index (κ1) is 37.1. The molecule has 57 heavy (non-hydrogen) atoms. The fraction of sp³-hybridized carbons (Fsp3) is 0.213. The minimum Gasteiger partial charge on any atom is -0.457 e. The molecule has 0 atom stereocenters. The quantitative estimate of drug-likeness (QED) is 0.114. The van der Waals surface area contributed by atoms with Gasteiger partial charge in [0.25, 0.3) is 0 Å². The topological polar surface area (TPSA) is 106 Å². The highest BCUT2D eigenvalue weighted by molar-refractivity contribution is 6.09. The van der Waals surface area contributed by atoms with Crippen molar-refractivity contribution in [2.45, 2.75) is 54.4 Å². The van der Waals surface area contributed by atoms with Gasteiger partial charge in [-0.3, -0.25) is 4.57 Å². The molecule has 0 fully saturated rings. The normalized spacial score (nSPS) is 11.4. The number of hydrogen-bond acceptors (Lipinski definition) is 9. The number of nitrogens with zero attached hydrogens (tertiary/aromatic N) is 6. The van der Waals surface area contributed by atoms with Gasteiger partial charge in [0.05, 0.1) is 11.0 Å². The highest BCUT2D eigenvalue weighted by Gasteiger charge is 2.18. The first-order valence-electron chi connectivity index (χ1n) is 19.2. The lowest BCUT2D eigenvalue weighted by atomic mass is 10.0. The standard InChI is InChI=1S/C47H44N6O4/c1-29(2)15-33-19-37(23-39(21-33)56-45-17-31(5)11-13-49-45)54-35-7-9-41-42-10-8-36(26-44(42)53(43(41)25-35)47-51-27-48-28-52-47)55-38-20-34(16-30(3)4)22-40(24-38)57-46-18-32(6)12-14-50-46/h7-14,17-30H,15-16H2,1-6H3. The second kappa shape index (κ2) is 16.1. The summed E-state index contributed by atoms with van der Waals surface area (Å²) in [7, 11) is 0. The van der Waals surface area contributed by atoms with E-state index in [9.17, 15) is 0 Å². The summed E-state index contributed by atoms with van der Waals surface area (Å²) >= 11 is 0. The average Bonchev–Trinajstić information content (AvgIpc) is 3.47. The zero-order valence-electron chi connectivity index (χ0n) is 32.9. The van der Waals surface area contributed by atoms with Gasteiger partial charge in [0.2, 0.25) is 17.7 Å². The van der Waals surface area contributed by atoms with Gasteiger partial charge in [0, 0.05) is 59.6 Å². The Morgan fingerprint density at radius 1 is 0.474 bits per heavy atom. The van der Waals surface area contributed by atoms with E-state index in [2.05, 4.69) is 76.9 Å². The van der Waals surface area contributed by atoms with Gasteiger partial charge >= 0.3 is 0 Å². The van der Waals surface area contributed by atoms with E-state index >= 15 is 0 Å². The lowest BCUT2D eigenvalue weighted by molar-refractivity contribution is 0.446. The molecule has 8 aromatic rings. The minimum atomic E-state index is 0.446. The van der Waals surface area contributed by atoms with Crippen LogP contribution in [-0.2, 0) is 12.8 Å². The molecule has 4 heterocycles. The average molecular weight is 757 g/mol. The van der Waals surface area contributed by atoms with E-state index in [4.69, 9.17) is 18.9 Å². The Morgan fingerprint density at radius 3 is 1.33 bits per heavy atom. The Hall–Kier alpha value is -6.81. The van der Waals surface area contributed by atoms with Crippen molar-refractivity contribution in [1.29, 1.82) is 0 Å². The summed E-state index contributed by atoms with van der Waals surface area (Å²) in [6, 6.07) is 31.9. The summed E-state index contributed by atoms with van der Waals surface area (Å²) in [6.45, 7) is 12.8. The Balaban J connectivity index is 1.16. The Labute approximate surface area is 332 Å². The van der Waals surface area contributed by atoms with Crippen LogP contribution < -0.4 is 18.9 Å². The Kier molecular flexibility index (Phi) is 10.5. The van der Waals surface area contributed by atoms with E-state index in [-0.39, 0.29) is 0 Å². The van der Waals surface area contributed by atoms with E-state index in [1.54, 1.807) is 12.4 Å². The van der Waals surface area contributed by atoms with Crippen LogP contribution >= 0.6 is 0 Å². The van der Waals surface area contributed by atoms with Crippen molar-refractivity contribution in [2.24, 2.45) is 11.8 Å². The zero-order valence-corrected chi connectivity index (χ0v) is 32.9. The third kappa shape index (κ3) is 8.86. The molecule has 286 valence electrons. The molecule has 0 aliphatic rings. The number of hydrogen-bond donors (Lipinski definition) is 0. The summed E-state index contributed by atoms with van der Waals surface area (Å²) in [6.07, 6.45) is 8.22. The lowest BCUT2D eigenvalue weighted by Crippen LogP contribution is -2.01. The number of pyridine rings is 2. The molecule has 0 saturated carbocycles. The Bertz CT molecular complexity index is 2530. The van der Waals surface area contributed by atoms with Crippen molar-refractivity contribution < 1.29 is 18.9 Å². The SMILES string of the molecule is Cc1ccnc(Oc2cc(CC(C)C)cc(Oc3ccc4c5ccc(Oc6cc(CC(C)C)cc(Oc7cc(C)ccn7)c6)cc5n(-c5ncncn5)c4c3)c2)c1. The fourth-order valence-corrected chi connectivity index (χ4v) is 6.99. The van der Waals surface area contributed by atoms with Gasteiger partial charge in [-0.2, -0.15) is 0 Å². The summed E-state index contributed by atoms with van der Waals surface area (Å²) < 4.78 is 27.6. The molecule has 4 aromatic heterocycles. The van der Waals surface area contributed by atoms with Crippen LogP contribution in [0.1, 0.15) is 49.9 Å². The van der Waals surface area contributed by atoms with Crippen LogP contribution in [0.5, 0.6) is 46.3 Å². The van der Waals surface area contributed by atoms with Gasteiger partial charge in [0.1, 0.15) is 47.2 Å². The molecule has 0 N–H and O–H groups in total. The highest BCUT2D eigenvalue weighted by atomic mass is 16.5. The van der Waals surface area contributed by atoms with Crippen LogP contribution in [0.3, 0.4) is 0 Å². The van der Waals surface area contributed by atoms with Crippen LogP contribution in [-0.4, -0.2) is 29.5 Å². The van der Waals surface area contributed by atoms with Crippen molar-refractivity contribution in [3.8, 4) is 52.2 Å². The second-order valence-corrected chi connectivity index (χ2v) is 15.2. The Morgan fingerprint density at radius 2 is 0.912 bits per heavy atom. The molecule has 0 aliphatic heterocycles. The molecule has 0 amide bonds. The van der Waals surface area contributed by atoms with E-state index in [1.807, 2.05) is 91.2 Å². The van der Waals surface area contributed by atoms with Gasteiger partial charge in [-0.25, -0.2) is 24.9 Å². The number of ether oxygens (including phenoxy) is 4. The number of aryl methyl sites for hydroxylation is 2. The maximum absolute atomic E-state index is 6.59. The van der Waals surface area contributed by atoms with Crippen LogP contribution in [0, 0.1) is 25.7 Å². The summed E-state index contributed by atoms with van der Waals surface area (Å²) in [5.74, 6) is 6.38. The van der Waals surface area contributed by atoms with Crippen molar-refractivity contribution in [1.82, 2.24) is 29.5 Å².